The summed E-state index contributed by atoms with van der Waals surface area (Å²) in [7, 11) is 0. The zero-order valence-corrected chi connectivity index (χ0v) is 16.5. The van der Waals surface area contributed by atoms with Gasteiger partial charge < -0.3 is 10.1 Å². The molecule has 1 aromatic rings. The topological polar surface area (TPSA) is 36.0 Å². The summed E-state index contributed by atoms with van der Waals surface area (Å²) in [6, 6.07) is 0. The number of hydrogen-bond acceptors (Lipinski definition) is 1. The van der Waals surface area contributed by atoms with Gasteiger partial charge in [0.05, 0.1) is 0 Å². The molecule has 0 spiro atoms. The molecule has 2 aliphatic rings. The van der Waals surface area contributed by atoms with Crippen LogP contribution >= 0.6 is 0 Å². The van der Waals surface area contributed by atoms with Crippen molar-refractivity contribution in [1.82, 2.24) is 4.98 Å². The summed E-state index contributed by atoms with van der Waals surface area (Å²) >= 11 is 0. The van der Waals surface area contributed by atoms with Gasteiger partial charge in [0.1, 0.15) is 0 Å². The summed E-state index contributed by atoms with van der Waals surface area (Å²) in [4.78, 5) is 3.79. The van der Waals surface area contributed by atoms with Gasteiger partial charge in [0.15, 0.2) is 0 Å². The van der Waals surface area contributed by atoms with Gasteiger partial charge in [-0.15, -0.1) is 0 Å². The van der Waals surface area contributed by atoms with Gasteiger partial charge in [-0.05, 0) is 42.7 Å². The Bertz CT molecular complexity index is 595. The Labute approximate surface area is 154 Å². The molecule has 0 aromatic carbocycles. The zero-order valence-electron chi connectivity index (χ0n) is 16.5. The third-order valence-electron chi connectivity index (χ3n) is 6.42. The van der Waals surface area contributed by atoms with Gasteiger partial charge in [0.2, 0.25) is 0 Å². The second-order valence-electron chi connectivity index (χ2n) is 8.91. The minimum Gasteiger partial charge on any atom is -0.396 e. The lowest BCUT2D eigenvalue weighted by atomic mass is 9.73. The Morgan fingerprint density at radius 2 is 1.92 bits per heavy atom. The molecule has 1 heterocycles. The fraction of sp³-hybridized carbons (Fsp3) is 0.739. The van der Waals surface area contributed by atoms with E-state index in [1.165, 1.54) is 56.3 Å². The summed E-state index contributed by atoms with van der Waals surface area (Å²) in [6.07, 6.45) is 17.7. The van der Waals surface area contributed by atoms with Crippen molar-refractivity contribution in [3.8, 4) is 0 Å². The first-order chi connectivity index (χ1) is 12.1. The summed E-state index contributed by atoms with van der Waals surface area (Å²) in [6.45, 7) is 7.27. The molecule has 0 aliphatic heterocycles. The molecule has 2 atom stereocenters. The molecule has 25 heavy (non-hydrogen) atoms. The lowest BCUT2D eigenvalue weighted by molar-refractivity contribution is 0.212. The lowest BCUT2D eigenvalue weighted by Gasteiger charge is -2.30. The number of aromatic nitrogens is 1. The number of H-pyrrole nitrogens is 1. The maximum Gasteiger partial charge on any atom is 0.0463 e. The third kappa shape index (κ3) is 4.05. The van der Waals surface area contributed by atoms with Crippen molar-refractivity contribution in [1.29, 1.82) is 0 Å². The van der Waals surface area contributed by atoms with Gasteiger partial charge in [-0.3, -0.25) is 0 Å². The molecule has 2 N–H and O–H groups in total. The highest BCUT2D eigenvalue weighted by molar-refractivity contribution is 5.50. The molecule has 0 bridgehead atoms. The maximum absolute atomic E-state index is 9.55. The van der Waals surface area contributed by atoms with E-state index in [4.69, 9.17) is 0 Å². The molecule has 0 fully saturated rings. The SMILES string of the molecule is CCCCCCCCC1C=CC(C)(C)c2[nH]c3c(c21)CCC(CO)C3. The van der Waals surface area contributed by atoms with Gasteiger partial charge >= 0.3 is 0 Å². The molecule has 0 saturated heterocycles. The average Bonchev–Trinajstić information content (AvgIpc) is 3.00. The van der Waals surface area contributed by atoms with Crippen LogP contribution in [0.25, 0.3) is 0 Å². The molecule has 1 aromatic heterocycles. The first-order valence-electron chi connectivity index (χ1n) is 10.6. The van der Waals surface area contributed by atoms with E-state index in [1.54, 1.807) is 11.1 Å². The quantitative estimate of drug-likeness (QED) is 0.454. The summed E-state index contributed by atoms with van der Waals surface area (Å²) < 4.78 is 0. The van der Waals surface area contributed by atoms with E-state index in [0.717, 1.165) is 19.3 Å². The smallest absolute Gasteiger partial charge is 0.0463 e. The van der Waals surface area contributed by atoms with Crippen LogP contribution < -0.4 is 0 Å². The minimum atomic E-state index is 0.110. The van der Waals surface area contributed by atoms with E-state index in [1.807, 2.05) is 0 Å². The van der Waals surface area contributed by atoms with Crippen molar-refractivity contribution in [2.75, 3.05) is 6.61 Å². The molecular weight excluding hydrogens is 306 g/mol. The fourth-order valence-corrected chi connectivity index (χ4v) is 4.80. The molecule has 3 rings (SSSR count). The number of hydrogen-bond donors (Lipinski definition) is 2. The molecule has 2 aliphatic carbocycles. The highest BCUT2D eigenvalue weighted by Gasteiger charge is 2.35. The van der Waals surface area contributed by atoms with E-state index >= 15 is 0 Å². The van der Waals surface area contributed by atoms with Crippen molar-refractivity contribution in [2.24, 2.45) is 5.92 Å². The Balaban J connectivity index is 1.72. The van der Waals surface area contributed by atoms with E-state index in [9.17, 15) is 5.11 Å². The van der Waals surface area contributed by atoms with Crippen molar-refractivity contribution >= 4 is 0 Å². The Hall–Kier alpha value is -1.02. The minimum absolute atomic E-state index is 0.110. The van der Waals surface area contributed by atoms with E-state index < -0.39 is 0 Å². The number of allylic oxidation sites excluding steroid dienone is 2. The summed E-state index contributed by atoms with van der Waals surface area (Å²) in [5, 5.41) is 9.55. The first-order valence-corrected chi connectivity index (χ1v) is 10.6. The molecule has 0 radical (unpaired) electrons. The lowest BCUT2D eigenvalue weighted by Crippen LogP contribution is -2.22. The molecule has 0 amide bonds. The average molecular weight is 344 g/mol. The predicted molar refractivity (Wildman–Crippen MR) is 106 cm³/mol. The molecule has 2 unspecified atom stereocenters. The van der Waals surface area contributed by atoms with E-state index in [2.05, 4.69) is 37.9 Å². The zero-order chi connectivity index (χ0) is 17.9. The number of aromatic amines is 1. The predicted octanol–water partition coefficient (Wildman–Crippen LogP) is 5.79. The molecular formula is C23H37NO. The Morgan fingerprint density at radius 3 is 2.68 bits per heavy atom. The largest absolute Gasteiger partial charge is 0.396 e. The van der Waals surface area contributed by atoms with Crippen LogP contribution in [-0.2, 0) is 18.3 Å². The Morgan fingerprint density at radius 1 is 1.16 bits per heavy atom. The van der Waals surface area contributed by atoms with Gasteiger partial charge in [-0.25, -0.2) is 0 Å². The first kappa shape index (κ1) is 18.8. The van der Waals surface area contributed by atoms with Crippen LogP contribution in [0.4, 0.5) is 0 Å². The second kappa shape index (κ2) is 8.12. The van der Waals surface area contributed by atoms with Crippen LogP contribution in [0.2, 0.25) is 0 Å². The van der Waals surface area contributed by atoms with Crippen LogP contribution in [0.1, 0.15) is 101 Å². The van der Waals surface area contributed by atoms with Crippen LogP contribution in [0.3, 0.4) is 0 Å². The van der Waals surface area contributed by atoms with Crippen molar-refractivity contribution in [3.05, 3.63) is 34.7 Å². The van der Waals surface area contributed by atoms with Gasteiger partial charge in [-0.2, -0.15) is 0 Å². The molecule has 2 nitrogen and oxygen atoms in total. The van der Waals surface area contributed by atoms with Crippen molar-refractivity contribution < 1.29 is 5.11 Å². The highest BCUT2D eigenvalue weighted by atomic mass is 16.3. The monoisotopic (exact) mass is 343 g/mol. The summed E-state index contributed by atoms with van der Waals surface area (Å²) in [5.41, 5.74) is 6.19. The van der Waals surface area contributed by atoms with Crippen LogP contribution in [-0.4, -0.2) is 16.7 Å². The van der Waals surface area contributed by atoms with Crippen molar-refractivity contribution in [2.45, 2.75) is 96.3 Å². The third-order valence-corrected chi connectivity index (χ3v) is 6.42. The number of nitrogens with one attached hydrogen (secondary N) is 1. The number of unbranched alkanes of at least 4 members (excludes halogenated alkanes) is 5. The summed E-state index contributed by atoms with van der Waals surface area (Å²) in [5.74, 6) is 1.04. The fourth-order valence-electron chi connectivity index (χ4n) is 4.80. The Kier molecular flexibility index (Phi) is 6.09. The van der Waals surface area contributed by atoms with Crippen LogP contribution in [0.5, 0.6) is 0 Å². The van der Waals surface area contributed by atoms with Gasteiger partial charge in [-0.1, -0.05) is 71.4 Å². The van der Waals surface area contributed by atoms with Crippen LogP contribution in [0.15, 0.2) is 12.2 Å². The molecule has 0 saturated carbocycles. The number of fused-ring (bicyclic) bond motifs is 3. The number of rotatable bonds is 8. The number of aliphatic hydroxyl groups excluding tert-OH is 1. The van der Waals surface area contributed by atoms with Gasteiger partial charge in [0, 0.05) is 29.3 Å². The molecule has 140 valence electrons. The standard InChI is InChI=1S/C23H37NO/c1-4-5-6-7-8-9-10-18-13-14-23(2,3)22-21(18)19-12-11-17(16-25)15-20(19)24-22/h13-14,17-18,24-25H,4-12,15-16H2,1-3H3. The van der Waals surface area contributed by atoms with Gasteiger partial charge in [0.25, 0.3) is 0 Å². The van der Waals surface area contributed by atoms with E-state index in [0.29, 0.717) is 18.4 Å². The normalized spacial score (nSPS) is 24.2. The second-order valence-corrected chi connectivity index (χ2v) is 8.91. The van der Waals surface area contributed by atoms with E-state index in [-0.39, 0.29) is 5.41 Å². The molecule has 2 heteroatoms. The van der Waals surface area contributed by atoms with Crippen LogP contribution in [0, 0.1) is 5.92 Å². The maximum atomic E-state index is 9.55. The van der Waals surface area contributed by atoms with Crippen molar-refractivity contribution in [3.63, 3.8) is 0 Å². The number of aliphatic hydroxyl groups is 1. The highest BCUT2D eigenvalue weighted by Crippen LogP contribution is 2.44.